The van der Waals surface area contributed by atoms with Crippen LogP contribution in [0.15, 0.2) is 30.3 Å². The molecule has 0 aliphatic carbocycles. The third-order valence-electron chi connectivity index (χ3n) is 4.67. The number of rotatable bonds is 6. The van der Waals surface area contributed by atoms with Gasteiger partial charge in [-0.3, -0.25) is 9.80 Å². The molecule has 1 aliphatic rings. The van der Waals surface area contributed by atoms with Crippen LogP contribution < -0.4 is 0 Å². The van der Waals surface area contributed by atoms with E-state index in [-0.39, 0.29) is 29.5 Å². The molecule has 150 valence electrons. The van der Waals surface area contributed by atoms with Gasteiger partial charge in [0, 0.05) is 18.3 Å². The Labute approximate surface area is 168 Å². The highest BCUT2D eigenvalue weighted by Gasteiger charge is 2.42. The van der Waals surface area contributed by atoms with Crippen molar-refractivity contribution in [1.82, 2.24) is 9.80 Å². The number of amides is 1. The second-order valence-corrected chi connectivity index (χ2v) is 9.26. The lowest BCUT2D eigenvalue weighted by molar-refractivity contribution is -0.117. The summed E-state index contributed by atoms with van der Waals surface area (Å²) in [6, 6.07) is 9.74. The molecule has 0 radical (unpaired) electrons. The van der Waals surface area contributed by atoms with Gasteiger partial charge in [-0.25, -0.2) is 4.79 Å². The standard InChI is InChI=1S/C21H32N2O3S/c1-15(2)18(14-24)22(12-16-9-7-6-8-10-16)19-11-17(27)13-23(19)20(25)26-21(3,4)5/h6-10,14-15,17-19,27H,11-13H2,1-5H3/t17-,18+,19-/m0/s1. The molecule has 1 fully saturated rings. The van der Waals surface area contributed by atoms with Crippen molar-refractivity contribution in [2.75, 3.05) is 6.54 Å². The average molecular weight is 393 g/mol. The summed E-state index contributed by atoms with van der Waals surface area (Å²) >= 11 is 4.62. The van der Waals surface area contributed by atoms with Gasteiger partial charge < -0.3 is 9.53 Å². The van der Waals surface area contributed by atoms with Crippen molar-refractivity contribution in [1.29, 1.82) is 0 Å². The molecule has 0 bridgehead atoms. The van der Waals surface area contributed by atoms with E-state index in [0.29, 0.717) is 19.5 Å². The van der Waals surface area contributed by atoms with Crippen LogP contribution >= 0.6 is 12.6 Å². The van der Waals surface area contributed by atoms with Gasteiger partial charge in [-0.1, -0.05) is 44.2 Å². The van der Waals surface area contributed by atoms with Gasteiger partial charge in [0.05, 0.1) is 12.2 Å². The number of nitrogens with zero attached hydrogens (tertiary/aromatic N) is 2. The normalized spacial score (nSPS) is 21.6. The Morgan fingerprint density at radius 2 is 1.96 bits per heavy atom. The quantitative estimate of drug-likeness (QED) is 0.588. The second kappa shape index (κ2) is 9.11. The Kier molecular flexibility index (Phi) is 7.34. The van der Waals surface area contributed by atoms with Crippen molar-refractivity contribution in [3.05, 3.63) is 35.9 Å². The zero-order chi connectivity index (χ0) is 20.2. The summed E-state index contributed by atoms with van der Waals surface area (Å²) in [5.74, 6) is 0.130. The van der Waals surface area contributed by atoms with Crippen molar-refractivity contribution >= 4 is 25.0 Å². The van der Waals surface area contributed by atoms with Crippen LogP contribution in [0.25, 0.3) is 0 Å². The highest BCUT2D eigenvalue weighted by atomic mass is 32.1. The molecule has 0 saturated carbocycles. The Morgan fingerprint density at radius 1 is 1.33 bits per heavy atom. The summed E-state index contributed by atoms with van der Waals surface area (Å²) < 4.78 is 5.61. The van der Waals surface area contributed by atoms with Crippen LogP contribution in [0.4, 0.5) is 4.79 Å². The molecule has 1 saturated heterocycles. The molecule has 6 heteroatoms. The number of carbonyl (C=O) groups excluding carboxylic acids is 2. The molecule has 0 spiro atoms. The third-order valence-corrected chi connectivity index (χ3v) is 5.05. The van der Waals surface area contributed by atoms with Crippen LogP contribution in [0.1, 0.15) is 46.6 Å². The molecule has 1 heterocycles. The Bertz CT molecular complexity index is 630. The molecule has 1 aromatic rings. The first-order valence-electron chi connectivity index (χ1n) is 9.55. The number of benzene rings is 1. The lowest BCUT2D eigenvalue weighted by Gasteiger charge is -2.40. The molecular formula is C21H32N2O3S. The van der Waals surface area contributed by atoms with Gasteiger partial charge in [0.1, 0.15) is 11.9 Å². The average Bonchev–Trinajstić information content (AvgIpc) is 2.95. The highest BCUT2D eigenvalue weighted by molar-refractivity contribution is 7.81. The number of aldehydes is 1. The van der Waals surface area contributed by atoms with E-state index in [9.17, 15) is 9.59 Å². The Balaban J connectivity index is 2.33. The SMILES string of the molecule is CC(C)[C@@H](C=O)N(Cc1ccccc1)[C@@H]1C[C@H](S)CN1C(=O)OC(C)(C)C. The molecule has 0 aromatic heterocycles. The maximum atomic E-state index is 12.8. The molecule has 5 nitrogen and oxygen atoms in total. The van der Waals surface area contributed by atoms with Crippen LogP contribution in [0.3, 0.4) is 0 Å². The molecule has 27 heavy (non-hydrogen) atoms. The maximum absolute atomic E-state index is 12.8. The van der Waals surface area contributed by atoms with E-state index in [4.69, 9.17) is 4.74 Å². The fraction of sp³-hybridized carbons (Fsp3) is 0.619. The first-order chi connectivity index (χ1) is 12.6. The lowest BCUT2D eigenvalue weighted by Crippen LogP contribution is -2.54. The number of thiol groups is 1. The number of ether oxygens (including phenoxy) is 1. The van der Waals surface area contributed by atoms with Crippen LogP contribution in [-0.4, -0.2) is 51.8 Å². The molecule has 1 amide bonds. The van der Waals surface area contributed by atoms with E-state index in [1.807, 2.05) is 65.0 Å². The van der Waals surface area contributed by atoms with E-state index < -0.39 is 5.60 Å². The van der Waals surface area contributed by atoms with Gasteiger partial charge in [0.15, 0.2) is 0 Å². The monoisotopic (exact) mass is 392 g/mol. The highest BCUT2D eigenvalue weighted by Crippen LogP contribution is 2.30. The van der Waals surface area contributed by atoms with Gasteiger partial charge in [0.2, 0.25) is 0 Å². The van der Waals surface area contributed by atoms with Gasteiger partial charge in [-0.2, -0.15) is 12.6 Å². The van der Waals surface area contributed by atoms with E-state index in [0.717, 1.165) is 11.8 Å². The van der Waals surface area contributed by atoms with Gasteiger partial charge in [-0.15, -0.1) is 0 Å². The van der Waals surface area contributed by atoms with Crippen LogP contribution in [-0.2, 0) is 16.1 Å². The molecule has 0 N–H and O–H groups in total. The summed E-state index contributed by atoms with van der Waals surface area (Å²) in [6.45, 7) is 10.7. The zero-order valence-corrected chi connectivity index (χ0v) is 17.9. The molecular weight excluding hydrogens is 360 g/mol. The van der Waals surface area contributed by atoms with Gasteiger partial charge >= 0.3 is 6.09 Å². The second-order valence-electron chi connectivity index (χ2n) is 8.53. The summed E-state index contributed by atoms with van der Waals surface area (Å²) in [5.41, 5.74) is 0.541. The van der Waals surface area contributed by atoms with Crippen molar-refractivity contribution in [2.45, 2.75) is 70.6 Å². The fourth-order valence-electron chi connectivity index (χ4n) is 3.45. The molecule has 1 aromatic carbocycles. The van der Waals surface area contributed by atoms with Crippen LogP contribution in [0.2, 0.25) is 0 Å². The Morgan fingerprint density at radius 3 is 2.48 bits per heavy atom. The largest absolute Gasteiger partial charge is 0.444 e. The predicted molar refractivity (Wildman–Crippen MR) is 111 cm³/mol. The third kappa shape index (κ3) is 5.98. The topological polar surface area (TPSA) is 49.9 Å². The van der Waals surface area contributed by atoms with Crippen molar-refractivity contribution in [3.63, 3.8) is 0 Å². The van der Waals surface area contributed by atoms with E-state index in [1.54, 1.807) is 4.90 Å². The maximum Gasteiger partial charge on any atom is 0.411 e. The summed E-state index contributed by atoms with van der Waals surface area (Å²) in [5, 5.41) is 0.0558. The number of hydrogen-bond acceptors (Lipinski definition) is 5. The first kappa shape index (κ1) is 21.8. The first-order valence-corrected chi connectivity index (χ1v) is 10.1. The summed E-state index contributed by atoms with van der Waals surface area (Å²) in [6.07, 6.45) is 1.12. The summed E-state index contributed by atoms with van der Waals surface area (Å²) in [4.78, 5) is 28.6. The number of carbonyl (C=O) groups is 2. The zero-order valence-electron chi connectivity index (χ0n) is 17.0. The van der Waals surface area contributed by atoms with Gasteiger partial charge in [0.25, 0.3) is 0 Å². The minimum atomic E-state index is -0.567. The molecule has 1 aliphatic heterocycles. The van der Waals surface area contributed by atoms with Crippen molar-refractivity contribution < 1.29 is 14.3 Å². The minimum Gasteiger partial charge on any atom is -0.444 e. The molecule has 3 atom stereocenters. The van der Waals surface area contributed by atoms with Crippen molar-refractivity contribution in [3.8, 4) is 0 Å². The van der Waals surface area contributed by atoms with Crippen LogP contribution in [0, 0.1) is 5.92 Å². The summed E-state index contributed by atoms with van der Waals surface area (Å²) in [7, 11) is 0. The number of hydrogen-bond donors (Lipinski definition) is 1. The Hall–Kier alpha value is -1.53. The number of likely N-dealkylation sites (tertiary alicyclic amines) is 1. The molecule has 0 unspecified atom stereocenters. The lowest BCUT2D eigenvalue weighted by atomic mass is 10.0. The predicted octanol–water partition coefficient (Wildman–Crippen LogP) is 3.98. The fourth-order valence-corrected chi connectivity index (χ4v) is 3.81. The van der Waals surface area contributed by atoms with E-state index >= 15 is 0 Å². The van der Waals surface area contributed by atoms with Crippen molar-refractivity contribution in [2.24, 2.45) is 5.92 Å². The molecule has 2 rings (SSSR count). The van der Waals surface area contributed by atoms with E-state index in [1.165, 1.54) is 0 Å². The minimum absolute atomic E-state index is 0.0558. The van der Waals surface area contributed by atoms with Crippen LogP contribution in [0.5, 0.6) is 0 Å². The smallest absolute Gasteiger partial charge is 0.411 e. The van der Waals surface area contributed by atoms with E-state index in [2.05, 4.69) is 17.5 Å². The van der Waals surface area contributed by atoms with Gasteiger partial charge in [-0.05, 0) is 38.7 Å².